The molecule has 1 heterocycles. The first-order valence-electron chi connectivity index (χ1n) is 5.94. The summed E-state index contributed by atoms with van der Waals surface area (Å²) < 4.78 is 0. The number of hydrogen-bond acceptors (Lipinski definition) is 3. The SMILES string of the molecule is CC(C)C[C@@H](NC(=O)N1CCC(N)C1)C(=O)O. The quantitative estimate of drug-likeness (QED) is 0.658. The summed E-state index contributed by atoms with van der Waals surface area (Å²) in [5.74, 6) is -0.771. The molecular formula is C11H21N3O3. The number of nitrogens with one attached hydrogen (secondary N) is 1. The molecule has 1 rings (SSSR count). The summed E-state index contributed by atoms with van der Waals surface area (Å²) >= 11 is 0. The normalized spacial score (nSPS) is 21.6. The number of likely N-dealkylation sites (tertiary alicyclic amines) is 1. The van der Waals surface area contributed by atoms with E-state index >= 15 is 0 Å². The van der Waals surface area contributed by atoms with E-state index in [2.05, 4.69) is 5.32 Å². The minimum absolute atomic E-state index is 0.00845. The average molecular weight is 243 g/mol. The predicted molar refractivity (Wildman–Crippen MR) is 63.6 cm³/mol. The van der Waals surface area contributed by atoms with Crippen LogP contribution in [-0.2, 0) is 4.79 Å². The Balaban J connectivity index is 2.49. The number of carboxylic acid groups (broad SMARTS) is 1. The number of nitrogens with zero attached hydrogens (tertiary/aromatic N) is 1. The van der Waals surface area contributed by atoms with Crippen LogP contribution in [-0.4, -0.2) is 47.2 Å². The maximum atomic E-state index is 11.8. The van der Waals surface area contributed by atoms with Crippen molar-refractivity contribution in [1.82, 2.24) is 10.2 Å². The Morgan fingerprint density at radius 2 is 2.18 bits per heavy atom. The highest BCUT2D eigenvalue weighted by molar-refractivity contribution is 5.82. The van der Waals surface area contributed by atoms with Crippen molar-refractivity contribution in [2.75, 3.05) is 13.1 Å². The van der Waals surface area contributed by atoms with E-state index in [9.17, 15) is 9.59 Å². The van der Waals surface area contributed by atoms with Crippen LogP contribution in [0.15, 0.2) is 0 Å². The molecule has 0 saturated carbocycles. The van der Waals surface area contributed by atoms with Gasteiger partial charge in [0.25, 0.3) is 0 Å². The lowest BCUT2D eigenvalue weighted by Crippen LogP contribution is -2.48. The van der Waals surface area contributed by atoms with Crippen LogP contribution in [0.1, 0.15) is 26.7 Å². The van der Waals surface area contributed by atoms with E-state index in [0.717, 1.165) is 6.42 Å². The van der Waals surface area contributed by atoms with Gasteiger partial charge in [-0.25, -0.2) is 9.59 Å². The first-order chi connectivity index (χ1) is 7.90. The maximum absolute atomic E-state index is 11.8. The fourth-order valence-electron chi connectivity index (χ4n) is 1.90. The molecule has 1 unspecified atom stereocenters. The van der Waals surface area contributed by atoms with Crippen molar-refractivity contribution in [2.24, 2.45) is 11.7 Å². The number of carboxylic acids is 1. The highest BCUT2D eigenvalue weighted by atomic mass is 16.4. The van der Waals surface area contributed by atoms with E-state index in [0.29, 0.717) is 19.5 Å². The molecule has 0 bridgehead atoms. The van der Waals surface area contributed by atoms with E-state index in [1.807, 2.05) is 13.8 Å². The number of urea groups is 1. The van der Waals surface area contributed by atoms with Crippen LogP contribution in [0.5, 0.6) is 0 Å². The van der Waals surface area contributed by atoms with Gasteiger partial charge in [0, 0.05) is 19.1 Å². The van der Waals surface area contributed by atoms with E-state index < -0.39 is 12.0 Å². The van der Waals surface area contributed by atoms with Crippen LogP contribution in [0.25, 0.3) is 0 Å². The van der Waals surface area contributed by atoms with E-state index in [1.54, 1.807) is 4.90 Å². The highest BCUT2D eigenvalue weighted by Gasteiger charge is 2.27. The lowest BCUT2D eigenvalue weighted by atomic mass is 10.0. The van der Waals surface area contributed by atoms with Crippen molar-refractivity contribution >= 4 is 12.0 Å². The minimum Gasteiger partial charge on any atom is -0.480 e. The van der Waals surface area contributed by atoms with Crippen molar-refractivity contribution in [3.8, 4) is 0 Å². The van der Waals surface area contributed by atoms with Gasteiger partial charge in [-0.3, -0.25) is 0 Å². The Morgan fingerprint density at radius 3 is 2.59 bits per heavy atom. The van der Waals surface area contributed by atoms with Gasteiger partial charge in [-0.15, -0.1) is 0 Å². The number of rotatable bonds is 4. The number of aliphatic carboxylic acids is 1. The van der Waals surface area contributed by atoms with Crippen LogP contribution in [0.2, 0.25) is 0 Å². The zero-order chi connectivity index (χ0) is 13.0. The fraction of sp³-hybridized carbons (Fsp3) is 0.818. The minimum atomic E-state index is -0.990. The van der Waals surface area contributed by atoms with Gasteiger partial charge in [-0.2, -0.15) is 0 Å². The molecule has 0 aromatic rings. The fourth-order valence-corrected chi connectivity index (χ4v) is 1.90. The molecule has 0 radical (unpaired) electrons. The molecule has 0 aromatic carbocycles. The van der Waals surface area contributed by atoms with Gasteiger partial charge in [-0.05, 0) is 18.8 Å². The van der Waals surface area contributed by atoms with Crippen molar-refractivity contribution in [3.63, 3.8) is 0 Å². The molecule has 1 fully saturated rings. The third-order valence-electron chi connectivity index (χ3n) is 2.81. The molecular weight excluding hydrogens is 222 g/mol. The summed E-state index contributed by atoms with van der Waals surface area (Å²) in [7, 11) is 0. The number of carbonyl (C=O) groups excluding carboxylic acids is 1. The summed E-state index contributed by atoms with van der Waals surface area (Å²) in [5.41, 5.74) is 5.70. The van der Waals surface area contributed by atoms with Gasteiger partial charge < -0.3 is 21.1 Å². The molecule has 4 N–H and O–H groups in total. The zero-order valence-corrected chi connectivity index (χ0v) is 10.3. The van der Waals surface area contributed by atoms with Gasteiger partial charge in [-0.1, -0.05) is 13.8 Å². The molecule has 17 heavy (non-hydrogen) atoms. The molecule has 0 aliphatic carbocycles. The lowest BCUT2D eigenvalue weighted by Gasteiger charge is -2.21. The topological polar surface area (TPSA) is 95.7 Å². The van der Waals surface area contributed by atoms with E-state index in [4.69, 9.17) is 10.8 Å². The highest BCUT2D eigenvalue weighted by Crippen LogP contribution is 2.09. The third kappa shape index (κ3) is 4.22. The van der Waals surface area contributed by atoms with Crippen molar-refractivity contribution in [1.29, 1.82) is 0 Å². The molecule has 98 valence electrons. The molecule has 1 saturated heterocycles. The molecule has 6 heteroatoms. The first-order valence-corrected chi connectivity index (χ1v) is 5.94. The second kappa shape index (κ2) is 5.86. The molecule has 0 spiro atoms. The summed E-state index contributed by atoms with van der Waals surface area (Å²) in [6.45, 7) is 4.95. The smallest absolute Gasteiger partial charge is 0.326 e. The maximum Gasteiger partial charge on any atom is 0.326 e. The standard InChI is InChI=1S/C11H21N3O3/c1-7(2)5-9(10(15)16)13-11(17)14-4-3-8(12)6-14/h7-9H,3-6,12H2,1-2H3,(H,13,17)(H,15,16)/t8?,9-/m1/s1. The van der Waals surface area contributed by atoms with Crippen LogP contribution >= 0.6 is 0 Å². The lowest BCUT2D eigenvalue weighted by molar-refractivity contribution is -0.139. The predicted octanol–water partition coefficient (Wildman–Crippen LogP) is 0.228. The summed E-state index contributed by atoms with van der Waals surface area (Å²) in [6.07, 6.45) is 1.20. The number of amides is 2. The van der Waals surface area contributed by atoms with Gasteiger partial charge in [0.15, 0.2) is 0 Å². The third-order valence-corrected chi connectivity index (χ3v) is 2.81. The van der Waals surface area contributed by atoms with Crippen LogP contribution in [0.3, 0.4) is 0 Å². The number of nitrogens with two attached hydrogens (primary N) is 1. The van der Waals surface area contributed by atoms with Gasteiger partial charge in [0.1, 0.15) is 6.04 Å². The van der Waals surface area contributed by atoms with Gasteiger partial charge in [0.05, 0.1) is 0 Å². The second-order valence-corrected chi connectivity index (χ2v) is 4.96. The average Bonchev–Trinajstić information content (AvgIpc) is 2.63. The zero-order valence-electron chi connectivity index (χ0n) is 10.3. The summed E-state index contributed by atoms with van der Waals surface area (Å²) in [6, 6.07) is -1.14. The largest absolute Gasteiger partial charge is 0.480 e. The van der Waals surface area contributed by atoms with E-state index in [-0.39, 0.29) is 18.0 Å². The molecule has 2 atom stereocenters. The Kier molecular flexibility index (Phi) is 4.74. The Hall–Kier alpha value is -1.30. The Morgan fingerprint density at radius 1 is 1.53 bits per heavy atom. The molecule has 1 aliphatic heterocycles. The van der Waals surface area contributed by atoms with E-state index in [1.165, 1.54) is 0 Å². The van der Waals surface area contributed by atoms with Gasteiger partial charge in [0.2, 0.25) is 0 Å². The summed E-state index contributed by atoms with van der Waals surface area (Å²) in [5, 5.41) is 11.6. The van der Waals surface area contributed by atoms with Gasteiger partial charge >= 0.3 is 12.0 Å². The van der Waals surface area contributed by atoms with Crippen molar-refractivity contribution in [2.45, 2.75) is 38.8 Å². The number of hydrogen-bond donors (Lipinski definition) is 3. The van der Waals surface area contributed by atoms with Crippen molar-refractivity contribution < 1.29 is 14.7 Å². The molecule has 0 aromatic heterocycles. The van der Waals surface area contributed by atoms with Crippen LogP contribution < -0.4 is 11.1 Å². The Labute approximate surface area is 101 Å². The molecule has 2 amide bonds. The summed E-state index contributed by atoms with van der Waals surface area (Å²) in [4.78, 5) is 24.3. The second-order valence-electron chi connectivity index (χ2n) is 4.96. The molecule has 1 aliphatic rings. The number of carbonyl (C=O) groups is 2. The monoisotopic (exact) mass is 243 g/mol. The molecule has 6 nitrogen and oxygen atoms in total. The Bertz CT molecular complexity index is 294. The van der Waals surface area contributed by atoms with Crippen LogP contribution in [0, 0.1) is 5.92 Å². The van der Waals surface area contributed by atoms with Crippen LogP contribution in [0.4, 0.5) is 4.79 Å². The first kappa shape index (κ1) is 13.8. The van der Waals surface area contributed by atoms with Crippen molar-refractivity contribution in [3.05, 3.63) is 0 Å².